The summed E-state index contributed by atoms with van der Waals surface area (Å²) in [5, 5.41) is 34.6. The lowest BCUT2D eigenvalue weighted by atomic mass is 9.79. The van der Waals surface area contributed by atoms with Crippen molar-refractivity contribution in [2.45, 2.75) is 59.4 Å². The van der Waals surface area contributed by atoms with Crippen molar-refractivity contribution in [3.63, 3.8) is 0 Å². The van der Waals surface area contributed by atoms with E-state index in [1.54, 1.807) is 50.4 Å². The molecule has 10 nitrogen and oxygen atoms in total. The van der Waals surface area contributed by atoms with E-state index in [1.807, 2.05) is 32.1 Å². The Morgan fingerprint density at radius 3 is 2.46 bits per heavy atom. The number of allylic oxidation sites excluding steroid dienone is 1. The number of nitriles is 1. The number of benzene rings is 1. The Balaban J connectivity index is 2.11. The van der Waals surface area contributed by atoms with Gasteiger partial charge in [0.1, 0.15) is 12.0 Å². The minimum Gasteiger partial charge on any atom is -0.422 e. The molecule has 41 heavy (non-hydrogen) atoms. The fraction of sp³-hybridized carbons (Fsp3) is 0.400. The van der Waals surface area contributed by atoms with Gasteiger partial charge < -0.3 is 20.7 Å². The molecule has 4 N–H and O–H groups in total. The Hall–Kier alpha value is -4.14. The van der Waals surface area contributed by atoms with Crippen LogP contribution in [0, 0.1) is 30.1 Å². The Morgan fingerprint density at radius 1 is 1.15 bits per heavy atom. The lowest BCUT2D eigenvalue weighted by molar-refractivity contribution is -0.122. The van der Waals surface area contributed by atoms with E-state index in [1.165, 1.54) is 6.20 Å². The van der Waals surface area contributed by atoms with Gasteiger partial charge in [-0.1, -0.05) is 55.8 Å². The molecular weight excluding hydrogens is 521 g/mol. The van der Waals surface area contributed by atoms with E-state index in [4.69, 9.17) is 0 Å². The molecule has 0 aliphatic rings. The molecule has 0 radical (unpaired) electrons. The van der Waals surface area contributed by atoms with Crippen molar-refractivity contribution in [3.05, 3.63) is 77.1 Å². The predicted octanol–water partition coefficient (Wildman–Crippen LogP) is 2.74. The zero-order valence-corrected chi connectivity index (χ0v) is 24.0. The van der Waals surface area contributed by atoms with E-state index in [0.717, 1.165) is 5.56 Å². The Morgan fingerprint density at radius 2 is 1.85 bits per heavy atom. The highest BCUT2D eigenvalue weighted by Gasteiger charge is 2.26. The van der Waals surface area contributed by atoms with Crippen LogP contribution in [-0.2, 0) is 16.0 Å². The van der Waals surface area contributed by atoms with Crippen molar-refractivity contribution < 1.29 is 24.4 Å². The number of hydrogen-bond donors (Lipinski definition) is 4. The first-order chi connectivity index (χ1) is 19.5. The molecule has 2 atom stereocenters. The molecule has 1 unspecified atom stereocenters. The first kappa shape index (κ1) is 33.1. The number of pyridine rings is 1. The van der Waals surface area contributed by atoms with Crippen LogP contribution in [0.25, 0.3) is 0 Å². The number of aliphatic imine (C=N–C) groups is 1. The van der Waals surface area contributed by atoms with Crippen LogP contribution in [0.2, 0.25) is 0 Å². The smallest absolute Gasteiger partial charge is 0.422 e. The number of aryl methyl sites for hydroxylation is 1. The van der Waals surface area contributed by atoms with E-state index in [2.05, 4.69) is 20.6 Å². The molecule has 0 spiro atoms. The highest BCUT2D eigenvalue weighted by molar-refractivity contribution is 6.80. The quantitative estimate of drug-likeness (QED) is 0.120. The second-order valence-corrected chi connectivity index (χ2v) is 10.2. The number of carbonyl (C=O) groups is 3. The van der Waals surface area contributed by atoms with Gasteiger partial charge in [0.2, 0.25) is 5.91 Å². The summed E-state index contributed by atoms with van der Waals surface area (Å²) in [7, 11) is -1.95. The summed E-state index contributed by atoms with van der Waals surface area (Å²) in [6, 6.07) is 11.6. The van der Waals surface area contributed by atoms with E-state index < -0.39 is 30.9 Å². The molecule has 0 bridgehead atoms. The molecule has 0 fully saturated rings. The van der Waals surface area contributed by atoms with Gasteiger partial charge in [-0.3, -0.25) is 19.4 Å². The fourth-order valence-corrected chi connectivity index (χ4v) is 4.18. The van der Waals surface area contributed by atoms with Gasteiger partial charge in [0.25, 0.3) is 11.8 Å². The maximum atomic E-state index is 13.2. The van der Waals surface area contributed by atoms with Crippen LogP contribution < -0.4 is 10.6 Å². The lowest BCUT2D eigenvalue weighted by Crippen LogP contribution is -2.42. The second kappa shape index (κ2) is 16.9. The molecule has 0 saturated carbocycles. The molecular formula is C30H38BN5O5. The van der Waals surface area contributed by atoms with E-state index in [0.29, 0.717) is 29.5 Å². The number of rotatable bonds is 14. The molecule has 1 aromatic carbocycles. The summed E-state index contributed by atoms with van der Waals surface area (Å²) < 4.78 is 0. The average molecular weight is 559 g/mol. The van der Waals surface area contributed by atoms with Crippen LogP contribution in [0.4, 0.5) is 0 Å². The minimum atomic E-state index is -1.95. The van der Waals surface area contributed by atoms with Crippen LogP contribution in [0.15, 0.2) is 65.4 Å². The van der Waals surface area contributed by atoms with Gasteiger partial charge in [0.05, 0.1) is 17.2 Å². The number of nitrogens with zero attached hydrogens (tertiary/aromatic N) is 3. The number of hydrogen-bond acceptors (Lipinski definition) is 7. The minimum absolute atomic E-state index is 0.0450. The van der Waals surface area contributed by atoms with Gasteiger partial charge in [-0.15, -0.1) is 0 Å². The van der Waals surface area contributed by atoms with Crippen LogP contribution in [-0.4, -0.2) is 58.1 Å². The number of unbranched alkanes of at least 4 members (excludes halogenated alkanes) is 1. The SMILES string of the molecule is C/C(=C\C(C)C)C(C#N)C(=O)NCCCC[C@H](NC(=O)c1cnccc1C)C(=O)N=C(Cc1ccccc1)B(O)O. The largest absolute Gasteiger partial charge is 0.504 e. The predicted molar refractivity (Wildman–Crippen MR) is 158 cm³/mol. The van der Waals surface area contributed by atoms with Crippen LogP contribution in [0.3, 0.4) is 0 Å². The van der Waals surface area contributed by atoms with E-state index in [-0.39, 0.29) is 36.8 Å². The highest BCUT2D eigenvalue weighted by atomic mass is 16.4. The van der Waals surface area contributed by atoms with Gasteiger partial charge >= 0.3 is 7.12 Å². The summed E-state index contributed by atoms with van der Waals surface area (Å²) in [6.07, 6.45) is 6.00. The zero-order valence-electron chi connectivity index (χ0n) is 24.0. The molecule has 1 heterocycles. The Labute approximate surface area is 241 Å². The summed E-state index contributed by atoms with van der Waals surface area (Å²) in [5.74, 6) is -2.28. The Bertz CT molecular complexity index is 1290. The van der Waals surface area contributed by atoms with Crippen LogP contribution in [0.1, 0.15) is 61.5 Å². The molecule has 2 rings (SSSR count). The van der Waals surface area contributed by atoms with Gasteiger partial charge in [-0.2, -0.15) is 5.26 Å². The summed E-state index contributed by atoms with van der Waals surface area (Å²) in [5.41, 5.74) is 2.27. The van der Waals surface area contributed by atoms with Gasteiger partial charge in [0.15, 0.2) is 0 Å². The molecule has 216 valence electrons. The van der Waals surface area contributed by atoms with E-state index >= 15 is 0 Å². The standard InChI is InChI=1S/C30H38BN5O5/c1-20(2)16-22(4)24(18-32)28(37)34-14-9-8-12-26(35-29(38)25-19-33-15-13-21(25)3)30(39)36-27(31(40)41)17-23-10-6-5-7-11-23/h5-7,10-11,13,15-16,19-20,24,26,40-41H,8-9,12,14,17H2,1-4H3,(H,34,37)(H,35,38)/b22-16+,36-27?/t24?,26-/m0/s1. The maximum absolute atomic E-state index is 13.2. The molecule has 1 aromatic heterocycles. The summed E-state index contributed by atoms with van der Waals surface area (Å²) in [4.78, 5) is 46.7. The number of nitrogens with one attached hydrogen (secondary N) is 2. The summed E-state index contributed by atoms with van der Waals surface area (Å²) in [6.45, 7) is 7.73. The topological polar surface area (TPSA) is 165 Å². The van der Waals surface area contributed by atoms with Crippen LogP contribution in [0.5, 0.6) is 0 Å². The fourth-order valence-electron chi connectivity index (χ4n) is 4.18. The van der Waals surface area contributed by atoms with Crippen molar-refractivity contribution in [2.24, 2.45) is 16.8 Å². The van der Waals surface area contributed by atoms with Gasteiger partial charge in [-0.05, 0) is 56.2 Å². The van der Waals surface area contributed by atoms with Gasteiger partial charge in [0, 0.05) is 25.4 Å². The monoisotopic (exact) mass is 559 g/mol. The first-order valence-corrected chi connectivity index (χ1v) is 13.6. The van der Waals surface area contributed by atoms with Crippen molar-refractivity contribution in [1.82, 2.24) is 15.6 Å². The zero-order chi connectivity index (χ0) is 30.4. The average Bonchev–Trinajstić information content (AvgIpc) is 2.92. The lowest BCUT2D eigenvalue weighted by Gasteiger charge is -2.17. The number of amides is 3. The second-order valence-electron chi connectivity index (χ2n) is 10.2. The molecule has 2 aromatic rings. The highest BCUT2D eigenvalue weighted by Crippen LogP contribution is 2.14. The first-order valence-electron chi connectivity index (χ1n) is 13.6. The van der Waals surface area contributed by atoms with Gasteiger partial charge in [-0.25, -0.2) is 4.99 Å². The maximum Gasteiger partial charge on any atom is 0.504 e. The molecule has 0 aliphatic heterocycles. The Kier molecular flexibility index (Phi) is 13.6. The van der Waals surface area contributed by atoms with Crippen molar-refractivity contribution in [2.75, 3.05) is 6.54 Å². The van der Waals surface area contributed by atoms with Crippen molar-refractivity contribution in [3.8, 4) is 6.07 Å². The molecule has 11 heteroatoms. The van der Waals surface area contributed by atoms with Crippen molar-refractivity contribution in [1.29, 1.82) is 5.26 Å². The van der Waals surface area contributed by atoms with Crippen LogP contribution >= 0.6 is 0 Å². The third-order valence-electron chi connectivity index (χ3n) is 6.33. The third-order valence-corrected chi connectivity index (χ3v) is 6.33. The number of carbonyl (C=O) groups excluding carboxylic acids is 3. The third kappa shape index (κ3) is 11.1. The molecule has 0 saturated heterocycles. The molecule has 3 amide bonds. The van der Waals surface area contributed by atoms with Crippen molar-refractivity contribution >= 4 is 30.5 Å². The number of aromatic nitrogens is 1. The summed E-state index contributed by atoms with van der Waals surface area (Å²) >= 11 is 0. The van der Waals surface area contributed by atoms with E-state index in [9.17, 15) is 29.7 Å². The normalized spacial score (nSPS) is 13.2. The molecule has 0 aliphatic carbocycles.